The zero-order valence-corrected chi connectivity index (χ0v) is 13.3. The SMILES string of the molecule is C/C(N)=C/c1nc(N)nnc1-c1ccc(Br)cc1OC(F)(F)F. The molecular formula is C13H11BrF3N5O. The Morgan fingerprint density at radius 3 is 2.61 bits per heavy atom. The molecule has 0 atom stereocenters. The molecule has 0 unspecified atom stereocenters. The van der Waals surface area contributed by atoms with Crippen molar-refractivity contribution in [3.63, 3.8) is 0 Å². The first-order valence-corrected chi connectivity index (χ1v) is 6.94. The van der Waals surface area contributed by atoms with E-state index in [-0.39, 0.29) is 22.9 Å². The monoisotopic (exact) mass is 389 g/mol. The van der Waals surface area contributed by atoms with Crippen molar-refractivity contribution >= 4 is 28.0 Å². The number of alkyl halides is 3. The van der Waals surface area contributed by atoms with Crippen LogP contribution in [0.3, 0.4) is 0 Å². The van der Waals surface area contributed by atoms with Crippen molar-refractivity contribution in [1.29, 1.82) is 0 Å². The van der Waals surface area contributed by atoms with Crippen LogP contribution < -0.4 is 16.2 Å². The average Bonchev–Trinajstić information content (AvgIpc) is 2.37. The van der Waals surface area contributed by atoms with Crippen molar-refractivity contribution in [3.8, 4) is 17.0 Å². The Morgan fingerprint density at radius 1 is 1.30 bits per heavy atom. The van der Waals surface area contributed by atoms with Gasteiger partial charge in [0, 0.05) is 15.7 Å². The molecule has 6 nitrogen and oxygen atoms in total. The third-order valence-electron chi connectivity index (χ3n) is 2.52. The highest BCUT2D eigenvalue weighted by molar-refractivity contribution is 9.10. The zero-order valence-electron chi connectivity index (χ0n) is 11.7. The van der Waals surface area contributed by atoms with Crippen LogP contribution in [0.2, 0.25) is 0 Å². The highest BCUT2D eigenvalue weighted by atomic mass is 79.9. The van der Waals surface area contributed by atoms with Crippen LogP contribution in [0.25, 0.3) is 17.3 Å². The fourth-order valence-electron chi connectivity index (χ4n) is 1.76. The smallest absolute Gasteiger partial charge is 0.405 e. The summed E-state index contributed by atoms with van der Waals surface area (Å²) in [6, 6.07) is 4.11. The molecule has 2 aromatic rings. The highest BCUT2D eigenvalue weighted by Gasteiger charge is 2.33. The Morgan fingerprint density at radius 2 is 2.00 bits per heavy atom. The van der Waals surface area contributed by atoms with E-state index in [9.17, 15) is 13.2 Å². The number of anilines is 1. The topological polar surface area (TPSA) is 99.9 Å². The number of nitrogens with zero attached hydrogens (tertiary/aromatic N) is 3. The largest absolute Gasteiger partial charge is 0.573 e. The standard InChI is InChI=1S/C13H11BrF3N5O/c1-6(18)4-9-11(21-22-12(19)20-9)8-3-2-7(14)5-10(8)23-13(15,16)17/h2-5H,18H2,1H3,(H2,19,20,22)/b6-4-. The maximum absolute atomic E-state index is 12.6. The Kier molecular flexibility index (Phi) is 4.73. The van der Waals surface area contributed by atoms with Gasteiger partial charge in [-0.25, -0.2) is 4.98 Å². The molecule has 4 N–H and O–H groups in total. The van der Waals surface area contributed by atoms with Gasteiger partial charge in [0.1, 0.15) is 11.4 Å². The molecule has 1 aromatic carbocycles. The van der Waals surface area contributed by atoms with Gasteiger partial charge in [0.15, 0.2) is 0 Å². The second kappa shape index (κ2) is 6.41. The number of hydrogen-bond acceptors (Lipinski definition) is 6. The van der Waals surface area contributed by atoms with Crippen molar-refractivity contribution in [1.82, 2.24) is 15.2 Å². The van der Waals surface area contributed by atoms with Gasteiger partial charge in [-0.1, -0.05) is 15.9 Å². The van der Waals surface area contributed by atoms with E-state index >= 15 is 0 Å². The van der Waals surface area contributed by atoms with E-state index in [0.717, 1.165) is 0 Å². The molecule has 10 heteroatoms. The van der Waals surface area contributed by atoms with Gasteiger partial charge in [0.05, 0.1) is 5.69 Å². The summed E-state index contributed by atoms with van der Waals surface area (Å²) in [4.78, 5) is 3.95. The Balaban J connectivity index is 2.65. The van der Waals surface area contributed by atoms with Crippen molar-refractivity contribution in [2.24, 2.45) is 5.73 Å². The molecular weight excluding hydrogens is 379 g/mol. The molecule has 0 saturated heterocycles. The fourth-order valence-corrected chi connectivity index (χ4v) is 2.10. The number of hydrogen-bond donors (Lipinski definition) is 2. The first kappa shape index (κ1) is 17.0. The zero-order chi connectivity index (χ0) is 17.2. The van der Waals surface area contributed by atoms with Gasteiger partial charge in [-0.05, 0) is 31.2 Å². The lowest BCUT2D eigenvalue weighted by Gasteiger charge is -2.14. The summed E-state index contributed by atoms with van der Waals surface area (Å²) in [6.07, 6.45) is -3.43. The van der Waals surface area contributed by atoms with E-state index in [2.05, 4.69) is 35.8 Å². The van der Waals surface area contributed by atoms with E-state index in [0.29, 0.717) is 10.2 Å². The summed E-state index contributed by atoms with van der Waals surface area (Å²) in [7, 11) is 0. The van der Waals surface area contributed by atoms with E-state index in [1.165, 1.54) is 18.2 Å². The number of nitrogen functional groups attached to an aromatic ring is 1. The number of ether oxygens (including phenoxy) is 1. The first-order valence-electron chi connectivity index (χ1n) is 6.15. The second-order valence-corrected chi connectivity index (χ2v) is 5.40. The predicted molar refractivity (Wildman–Crippen MR) is 81.9 cm³/mol. The van der Waals surface area contributed by atoms with Crippen molar-refractivity contribution in [2.45, 2.75) is 13.3 Å². The van der Waals surface area contributed by atoms with Gasteiger partial charge in [0.25, 0.3) is 0 Å². The summed E-state index contributed by atoms with van der Waals surface area (Å²) in [5.74, 6) is -0.575. The highest BCUT2D eigenvalue weighted by Crippen LogP contribution is 2.36. The number of nitrogens with two attached hydrogens (primary N) is 2. The molecule has 23 heavy (non-hydrogen) atoms. The van der Waals surface area contributed by atoms with Crippen LogP contribution >= 0.6 is 15.9 Å². The van der Waals surface area contributed by atoms with Crippen LogP contribution in [0.15, 0.2) is 28.4 Å². The summed E-state index contributed by atoms with van der Waals surface area (Å²) in [6.45, 7) is 1.59. The van der Waals surface area contributed by atoms with Crippen molar-refractivity contribution < 1.29 is 17.9 Å². The average molecular weight is 390 g/mol. The van der Waals surface area contributed by atoms with E-state index in [1.807, 2.05) is 0 Å². The van der Waals surface area contributed by atoms with Crippen LogP contribution in [-0.4, -0.2) is 21.5 Å². The third kappa shape index (κ3) is 4.55. The molecule has 0 fully saturated rings. The normalized spacial score (nSPS) is 12.3. The minimum Gasteiger partial charge on any atom is -0.405 e. The molecule has 0 aliphatic carbocycles. The summed E-state index contributed by atoms with van der Waals surface area (Å²) < 4.78 is 42.3. The third-order valence-corrected chi connectivity index (χ3v) is 3.01. The van der Waals surface area contributed by atoms with E-state index < -0.39 is 12.1 Å². The Hall–Kier alpha value is -2.36. The predicted octanol–water partition coefficient (Wildman–Crippen LogP) is 3.10. The molecule has 1 aromatic heterocycles. The van der Waals surface area contributed by atoms with E-state index in [4.69, 9.17) is 11.5 Å². The van der Waals surface area contributed by atoms with Gasteiger partial charge < -0.3 is 16.2 Å². The lowest BCUT2D eigenvalue weighted by atomic mass is 10.1. The maximum atomic E-state index is 12.6. The minimum absolute atomic E-state index is 0.0537. The molecule has 0 aliphatic heterocycles. The summed E-state index contributed by atoms with van der Waals surface area (Å²) in [5, 5.41) is 7.40. The molecule has 122 valence electrons. The summed E-state index contributed by atoms with van der Waals surface area (Å²) in [5.41, 5.74) is 11.8. The van der Waals surface area contributed by atoms with Crippen LogP contribution in [0, 0.1) is 0 Å². The first-order chi connectivity index (χ1) is 10.7. The van der Waals surface area contributed by atoms with Crippen LogP contribution in [0.1, 0.15) is 12.6 Å². The maximum Gasteiger partial charge on any atom is 0.573 e. The molecule has 0 aliphatic rings. The number of rotatable bonds is 3. The number of benzene rings is 1. The minimum atomic E-state index is -4.86. The molecule has 2 rings (SSSR count). The molecule has 0 saturated carbocycles. The second-order valence-electron chi connectivity index (χ2n) is 4.48. The lowest BCUT2D eigenvalue weighted by Crippen LogP contribution is -2.18. The molecule has 0 bridgehead atoms. The number of allylic oxidation sites excluding steroid dienone is 1. The van der Waals surface area contributed by atoms with Crippen molar-refractivity contribution in [3.05, 3.63) is 34.1 Å². The Labute approximate surface area is 137 Å². The molecule has 1 heterocycles. The van der Waals surface area contributed by atoms with Crippen LogP contribution in [0.5, 0.6) is 5.75 Å². The summed E-state index contributed by atoms with van der Waals surface area (Å²) >= 11 is 3.10. The van der Waals surface area contributed by atoms with Crippen LogP contribution in [-0.2, 0) is 0 Å². The molecule has 0 amide bonds. The van der Waals surface area contributed by atoms with Gasteiger partial charge in [-0.3, -0.25) is 0 Å². The fraction of sp³-hybridized carbons (Fsp3) is 0.154. The molecule has 0 radical (unpaired) electrons. The van der Waals surface area contributed by atoms with E-state index in [1.54, 1.807) is 13.0 Å². The number of aromatic nitrogens is 3. The van der Waals surface area contributed by atoms with Gasteiger partial charge in [-0.15, -0.1) is 23.4 Å². The van der Waals surface area contributed by atoms with Crippen molar-refractivity contribution in [2.75, 3.05) is 5.73 Å². The quantitative estimate of drug-likeness (QED) is 0.836. The Bertz CT molecular complexity index is 760. The lowest BCUT2D eigenvalue weighted by molar-refractivity contribution is -0.274. The van der Waals surface area contributed by atoms with Gasteiger partial charge in [0.2, 0.25) is 5.95 Å². The number of halogens is 4. The van der Waals surface area contributed by atoms with Gasteiger partial charge >= 0.3 is 6.36 Å². The molecule has 0 spiro atoms. The van der Waals surface area contributed by atoms with Crippen LogP contribution in [0.4, 0.5) is 19.1 Å². The van der Waals surface area contributed by atoms with Gasteiger partial charge in [-0.2, -0.15) is 0 Å².